The third-order valence-electron chi connectivity index (χ3n) is 6.46. The van der Waals surface area contributed by atoms with Crippen molar-refractivity contribution >= 4 is 17.6 Å². The maximum atomic E-state index is 13.2. The minimum Gasteiger partial charge on any atom is -0.395 e. The number of aromatic nitrogens is 1. The molecule has 4 rings (SSSR count). The SMILES string of the molecule is Cc1cc2c(c(N3CCCCC3)n1)C(=O)N(CCCN1CCN(CCO)CC1)C2=O. The first-order chi connectivity index (χ1) is 14.6. The van der Waals surface area contributed by atoms with E-state index in [9.17, 15) is 9.59 Å². The summed E-state index contributed by atoms with van der Waals surface area (Å²) in [6.07, 6.45) is 4.18. The van der Waals surface area contributed by atoms with Gasteiger partial charge in [0.25, 0.3) is 11.8 Å². The molecule has 3 aliphatic rings. The van der Waals surface area contributed by atoms with Crippen LogP contribution in [0.15, 0.2) is 6.07 Å². The summed E-state index contributed by atoms with van der Waals surface area (Å²) < 4.78 is 0. The molecule has 0 radical (unpaired) electrons. The Labute approximate surface area is 178 Å². The standard InChI is InChI=1S/C22H33N5O3/c1-17-16-18-19(20(23-17)26-7-3-2-4-8-26)22(30)27(21(18)29)9-5-6-24-10-12-25(13-11-24)14-15-28/h16,28H,2-15H2,1H3. The first-order valence-corrected chi connectivity index (χ1v) is 11.3. The van der Waals surface area contributed by atoms with Crippen LogP contribution < -0.4 is 4.90 Å². The van der Waals surface area contributed by atoms with Crippen LogP contribution in [0.5, 0.6) is 0 Å². The number of aliphatic hydroxyl groups excluding tert-OH is 1. The number of carbonyl (C=O) groups excluding carboxylic acids is 2. The lowest BCUT2D eigenvalue weighted by Crippen LogP contribution is -2.47. The third-order valence-corrected chi connectivity index (χ3v) is 6.46. The number of amides is 2. The van der Waals surface area contributed by atoms with E-state index in [1.54, 1.807) is 6.07 Å². The summed E-state index contributed by atoms with van der Waals surface area (Å²) in [4.78, 5) is 39.1. The largest absolute Gasteiger partial charge is 0.395 e. The summed E-state index contributed by atoms with van der Waals surface area (Å²) in [5.74, 6) is 0.341. The van der Waals surface area contributed by atoms with Crippen molar-refractivity contribution in [1.82, 2.24) is 19.7 Å². The predicted molar refractivity (Wildman–Crippen MR) is 115 cm³/mol. The molecule has 0 bridgehead atoms. The average molecular weight is 416 g/mol. The smallest absolute Gasteiger partial charge is 0.265 e. The van der Waals surface area contributed by atoms with E-state index in [4.69, 9.17) is 5.11 Å². The van der Waals surface area contributed by atoms with Crippen molar-refractivity contribution in [3.8, 4) is 0 Å². The zero-order chi connectivity index (χ0) is 21.1. The molecule has 0 unspecified atom stereocenters. The van der Waals surface area contributed by atoms with E-state index >= 15 is 0 Å². The molecule has 0 aliphatic carbocycles. The summed E-state index contributed by atoms with van der Waals surface area (Å²) in [6.45, 7) is 9.77. The number of pyridine rings is 1. The maximum absolute atomic E-state index is 13.2. The maximum Gasteiger partial charge on any atom is 0.265 e. The number of hydrogen-bond acceptors (Lipinski definition) is 7. The summed E-state index contributed by atoms with van der Waals surface area (Å²) >= 11 is 0. The lowest BCUT2D eigenvalue weighted by molar-refractivity contribution is 0.0639. The van der Waals surface area contributed by atoms with E-state index < -0.39 is 0 Å². The number of piperidine rings is 1. The fourth-order valence-electron chi connectivity index (χ4n) is 4.78. The number of carbonyl (C=O) groups is 2. The number of aryl methyl sites for hydroxylation is 1. The van der Waals surface area contributed by atoms with Crippen molar-refractivity contribution in [1.29, 1.82) is 0 Å². The van der Waals surface area contributed by atoms with Gasteiger partial charge in [0.15, 0.2) is 0 Å². The Hall–Kier alpha value is -2.03. The van der Waals surface area contributed by atoms with Gasteiger partial charge in [-0.15, -0.1) is 0 Å². The van der Waals surface area contributed by atoms with Gasteiger partial charge in [-0.1, -0.05) is 0 Å². The second-order valence-electron chi connectivity index (χ2n) is 8.58. The van der Waals surface area contributed by atoms with E-state index in [1.165, 1.54) is 11.3 Å². The number of imide groups is 1. The van der Waals surface area contributed by atoms with Gasteiger partial charge in [0, 0.05) is 58.1 Å². The first kappa shape index (κ1) is 21.2. The molecule has 164 valence electrons. The molecular weight excluding hydrogens is 382 g/mol. The van der Waals surface area contributed by atoms with Gasteiger partial charge < -0.3 is 14.9 Å². The van der Waals surface area contributed by atoms with Gasteiger partial charge in [-0.05, 0) is 45.2 Å². The molecule has 1 aromatic heterocycles. The molecule has 1 aromatic rings. The number of β-amino-alcohol motifs (C(OH)–C–C–N with tert-alkyl or cyclic N) is 1. The van der Waals surface area contributed by atoms with E-state index in [0.717, 1.165) is 77.3 Å². The highest BCUT2D eigenvalue weighted by Crippen LogP contribution is 2.32. The van der Waals surface area contributed by atoms with Crippen molar-refractivity contribution in [3.63, 3.8) is 0 Å². The Kier molecular flexibility index (Phi) is 6.65. The number of anilines is 1. The fourth-order valence-corrected chi connectivity index (χ4v) is 4.78. The molecule has 0 spiro atoms. The van der Waals surface area contributed by atoms with Crippen LogP contribution in [0.3, 0.4) is 0 Å². The van der Waals surface area contributed by atoms with Crippen LogP contribution in [0.2, 0.25) is 0 Å². The Balaban J connectivity index is 1.38. The number of nitrogens with zero attached hydrogens (tertiary/aromatic N) is 5. The summed E-state index contributed by atoms with van der Waals surface area (Å²) in [5, 5.41) is 9.06. The van der Waals surface area contributed by atoms with Crippen molar-refractivity contribution in [2.75, 3.05) is 70.4 Å². The quantitative estimate of drug-likeness (QED) is 0.665. The molecule has 3 aliphatic heterocycles. The van der Waals surface area contributed by atoms with E-state index in [-0.39, 0.29) is 18.4 Å². The van der Waals surface area contributed by atoms with Crippen LogP contribution in [0.4, 0.5) is 5.82 Å². The molecule has 30 heavy (non-hydrogen) atoms. The molecule has 8 heteroatoms. The lowest BCUT2D eigenvalue weighted by atomic mass is 10.1. The Bertz CT molecular complexity index is 785. The minimum absolute atomic E-state index is 0.175. The van der Waals surface area contributed by atoms with E-state index in [2.05, 4.69) is 19.7 Å². The number of rotatable bonds is 7. The average Bonchev–Trinajstić information content (AvgIpc) is 3.00. The van der Waals surface area contributed by atoms with Gasteiger partial charge in [-0.2, -0.15) is 0 Å². The molecule has 2 amide bonds. The van der Waals surface area contributed by atoms with Crippen LogP contribution in [0, 0.1) is 6.92 Å². The van der Waals surface area contributed by atoms with Crippen LogP contribution in [0.1, 0.15) is 52.1 Å². The molecular formula is C22H33N5O3. The number of fused-ring (bicyclic) bond motifs is 1. The van der Waals surface area contributed by atoms with Crippen LogP contribution in [-0.4, -0.2) is 102 Å². The topological polar surface area (TPSA) is 80.2 Å². The van der Waals surface area contributed by atoms with Gasteiger partial charge >= 0.3 is 0 Å². The molecule has 1 N–H and O–H groups in total. The molecule has 0 aromatic carbocycles. The Morgan fingerprint density at radius 2 is 1.57 bits per heavy atom. The summed E-state index contributed by atoms with van der Waals surface area (Å²) in [7, 11) is 0. The second kappa shape index (κ2) is 9.41. The molecule has 0 atom stereocenters. The number of aliphatic hydroxyl groups is 1. The van der Waals surface area contributed by atoms with Crippen molar-refractivity contribution < 1.29 is 14.7 Å². The normalized spacial score (nSPS) is 20.9. The van der Waals surface area contributed by atoms with Gasteiger partial charge in [-0.3, -0.25) is 19.4 Å². The highest BCUT2D eigenvalue weighted by atomic mass is 16.3. The summed E-state index contributed by atoms with van der Waals surface area (Å²) in [6, 6.07) is 1.77. The third kappa shape index (κ3) is 4.36. The first-order valence-electron chi connectivity index (χ1n) is 11.3. The number of hydrogen-bond donors (Lipinski definition) is 1. The van der Waals surface area contributed by atoms with Gasteiger partial charge in [0.2, 0.25) is 0 Å². The van der Waals surface area contributed by atoms with Crippen molar-refractivity contribution in [2.45, 2.75) is 32.6 Å². The minimum atomic E-state index is -0.184. The van der Waals surface area contributed by atoms with Crippen LogP contribution >= 0.6 is 0 Å². The van der Waals surface area contributed by atoms with E-state index in [1.807, 2.05) is 6.92 Å². The molecule has 2 saturated heterocycles. The number of piperazine rings is 1. The summed E-state index contributed by atoms with van der Waals surface area (Å²) in [5.41, 5.74) is 1.81. The highest BCUT2D eigenvalue weighted by molar-refractivity contribution is 6.23. The Morgan fingerprint density at radius 1 is 0.900 bits per heavy atom. The molecule has 8 nitrogen and oxygen atoms in total. The van der Waals surface area contributed by atoms with Crippen LogP contribution in [0.25, 0.3) is 0 Å². The molecule has 0 saturated carbocycles. The van der Waals surface area contributed by atoms with Crippen molar-refractivity contribution in [2.24, 2.45) is 0 Å². The monoisotopic (exact) mass is 415 g/mol. The fraction of sp³-hybridized carbons (Fsp3) is 0.682. The zero-order valence-electron chi connectivity index (χ0n) is 18.0. The van der Waals surface area contributed by atoms with Gasteiger partial charge in [0.05, 0.1) is 17.7 Å². The predicted octanol–water partition coefficient (Wildman–Crippen LogP) is 0.976. The lowest BCUT2D eigenvalue weighted by Gasteiger charge is -2.34. The van der Waals surface area contributed by atoms with Gasteiger partial charge in [0.1, 0.15) is 5.82 Å². The molecule has 4 heterocycles. The Morgan fingerprint density at radius 3 is 2.23 bits per heavy atom. The second-order valence-corrected chi connectivity index (χ2v) is 8.58. The van der Waals surface area contributed by atoms with E-state index in [0.29, 0.717) is 23.5 Å². The molecule has 2 fully saturated rings. The van der Waals surface area contributed by atoms with Crippen molar-refractivity contribution in [3.05, 3.63) is 22.9 Å². The zero-order valence-corrected chi connectivity index (χ0v) is 18.0. The highest BCUT2D eigenvalue weighted by Gasteiger charge is 2.39. The van der Waals surface area contributed by atoms with Crippen LogP contribution in [-0.2, 0) is 0 Å². The van der Waals surface area contributed by atoms with Gasteiger partial charge in [-0.25, -0.2) is 4.98 Å².